The molecular formula is C19H19N3OS3. The number of aromatic nitrogens is 2. The van der Waals surface area contributed by atoms with Crippen molar-refractivity contribution in [3.8, 4) is 0 Å². The van der Waals surface area contributed by atoms with Crippen molar-refractivity contribution in [3.05, 3.63) is 46.2 Å². The Morgan fingerprint density at radius 3 is 2.81 bits per heavy atom. The Bertz CT molecular complexity index is 956. The molecule has 1 aliphatic heterocycles. The molecule has 3 heterocycles. The number of carbonyl (C=O) groups is 1. The fourth-order valence-corrected chi connectivity index (χ4v) is 6.26. The van der Waals surface area contributed by atoms with E-state index in [0.717, 1.165) is 26.0 Å². The number of imidazole rings is 1. The van der Waals surface area contributed by atoms with Crippen LogP contribution < -0.4 is 0 Å². The van der Waals surface area contributed by atoms with Crippen LogP contribution in [0.5, 0.6) is 0 Å². The monoisotopic (exact) mass is 401 g/mol. The maximum Gasteiger partial charge on any atom is 0.286 e. The molecule has 1 saturated heterocycles. The van der Waals surface area contributed by atoms with Crippen LogP contribution in [-0.4, -0.2) is 32.2 Å². The van der Waals surface area contributed by atoms with E-state index in [4.69, 9.17) is 0 Å². The minimum atomic E-state index is 0.140. The topological polar surface area (TPSA) is 49.0 Å². The van der Waals surface area contributed by atoms with E-state index in [0.29, 0.717) is 0 Å². The lowest BCUT2D eigenvalue weighted by atomic mass is 10.2. The average Bonchev–Trinajstić information content (AvgIpc) is 3.26. The van der Waals surface area contributed by atoms with Gasteiger partial charge in [-0.15, -0.1) is 11.3 Å². The minimum absolute atomic E-state index is 0.140. The lowest BCUT2D eigenvalue weighted by Crippen LogP contribution is -2.36. The van der Waals surface area contributed by atoms with Crippen LogP contribution >= 0.6 is 34.9 Å². The molecule has 4 rings (SSSR count). The maximum atomic E-state index is 12.2. The van der Waals surface area contributed by atoms with Gasteiger partial charge in [0.2, 0.25) is 0 Å². The molecule has 134 valence electrons. The maximum absolute atomic E-state index is 12.2. The zero-order valence-corrected chi connectivity index (χ0v) is 17.2. The first kappa shape index (κ1) is 17.7. The van der Waals surface area contributed by atoms with Crippen LogP contribution in [0.3, 0.4) is 0 Å². The quantitative estimate of drug-likeness (QED) is 0.575. The van der Waals surface area contributed by atoms with Gasteiger partial charge in [0.15, 0.2) is 5.16 Å². The lowest BCUT2D eigenvalue weighted by Gasteiger charge is -2.24. The van der Waals surface area contributed by atoms with Gasteiger partial charge in [-0.05, 0) is 74.6 Å². The highest BCUT2D eigenvalue weighted by Gasteiger charge is 2.34. The van der Waals surface area contributed by atoms with Crippen LogP contribution in [-0.2, 0) is 0 Å². The molecule has 1 atom stereocenters. The van der Waals surface area contributed by atoms with Gasteiger partial charge in [-0.25, -0.2) is 4.98 Å². The second-order valence-corrected chi connectivity index (χ2v) is 9.84. The van der Waals surface area contributed by atoms with Crippen molar-refractivity contribution in [1.29, 1.82) is 0 Å². The zero-order chi connectivity index (χ0) is 18.3. The summed E-state index contributed by atoms with van der Waals surface area (Å²) < 4.78 is 1.18. The molecular weight excluding hydrogens is 382 g/mol. The molecule has 7 heteroatoms. The standard InChI is InChI=1S/C19H19N3OS3/c1-11(2)22-12(3)16(25-19(22)23)10-13-8-9-17(24-13)26-18-20-14-6-4-5-7-15(14)21-18/h4-12H,1-3H3,(H,20,21)/b16-10-. The molecule has 3 aromatic rings. The molecule has 1 amide bonds. The number of aromatic amines is 1. The summed E-state index contributed by atoms with van der Waals surface area (Å²) in [6.07, 6.45) is 2.14. The summed E-state index contributed by atoms with van der Waals surface area (Å²) in [5.74, 6) is 0. The Morgan fingerprint density at radius 2 is 2.08 bits per heavy atom. The van der Waals surface area contributed by atoms with E-state index in [2.05, 4.69) is 48.9 Å². The molecule has 0 bridgehead atoms. The first-order valence-corrected chi connectivity index (χ1v) is 10.9. The van der Waals surface area contributed by atoms with Gasteiger partial charge in [-0.1, -0.05) is 12.1 Å². The third-order valence-electron chi connectivity index (χ3n) is 4.25. The van der Waals surface area contributed by atoms with Gasteiger partial charge < -0.3 is 9.88 Å². The summed E-state index contributed by atoms with van der Waals surface area (Å²) in [5.41, 5.74) is 2.04. The molecule has 1 N–H and O–H groups in total. The molecule has 4 nitrogen and oxygen atoms in total. The Balaban J connectivity index is 1.52. The normalized spacial score (nSPS) is 19.4. The largest absolute Gasteiger partial charge is 0.333 e. The second kappa shape index (κ2) is 7.13. The number of benzene rings is 1. The van der Waals surface area contributed by atoms with Crippen molar-refractivity contribution in [2.75, 3.05) is 0 Å². The predicted octanol–water partition coefficient (Wildman–Crippen LogP) is 6.08. The van der Waals surface area contributed by atoms with E-state index >= 15 is 0 Å². The predicted molar refractivity (Wildman–Crippen MR) is 112 cm³/mol. The van der Waals surface area contributed by atoms with Crippen molar-refractivity contribution in [2.45, 2.75) is 42.2 Å². The Hall–Kier alpha value is -1.70. The molecule has 26 heavy (non-hydrogen) atoms. The van der Waals surface area contributed by atoms with Crippen molar-refractivity contribution < 1.29 is 4.79 Å². The van der Waals surface area contributed by atoms with Gasteiger partial charge in [0, 0.05) is 15.8 Å². The van der Waals surface area contributed by atoms with Crippen molar-refractivity contribution in [3.63, 3.8) is 0 Å². The van der Waals surface area contributed by atoms with Crippen LogP contribution in [0, 0.1) is 0 Å². The Morgan fingerprint density at radius 1 is 1.27 bits per heavy atom. The molecule has 1 aromatic carbocycles. The van der Waals surface area contributed by atoms with E-state index in [1.165, 1.54) is 16.0 Å². The summed E-state index contributed by atoms with van der Waals surface area (Å²) in [6.45, 7) is 6.22. The number of hydrogen-bond acceptors (Lipinski definition) is 5. The minimum Gasteiger partial charge on any atom is -0.333 e. The summed E-state index contributed by atoms with van der Waals surface area (Å²) in [7, 11) is 0. The number of carbonyl (C=O) groups excluding carboxylic acids is 1. The Labute approximate surface area is 165 Å². The molecule has 0 spiro atoms. The number of amides is 1. The van der Waals surface area contributed by atoms with E-state index < -0.39 is 0 Å². The first-order valence-electron chi connectivity index (χ1n) is 8.45. The van der Waals surface area contributed by atoms with Gasteiger partial charge in [-0.3, -0.25) is 4.79 Å². The van der Waals surface area contributed by atoms with Crippen molar-refractivity contribution in [1.82, 2.24) is 14.9 Å². The number of hydrogen-bond donors (Lipinski definition) is 1. The summed E-state index contributed by atoms with van der Waals surface area (Å²) in [4.78, 5) is 24.4. The zero-order valence-electron chi connectivity index (χ0n) is 14.7. The van der Waals surface area contributed by atoms with Crippen LogP contribution in [0.2, 0.25) is 0 Å². The van der Waals surface area contributed by atoms with Gasteiger partial charge in [0.05, 0.1) is 21.3 Å². The summed E-state index contributed by atoms with van der Waals surface area (Å²) >= 11 is 4.71. The molecule has 0 saturated carbocycles. The van der Waals surface area contributed by atoms with Gasteiger partial charge in [0.25, 0.3) is 5.24 Å². The fourth-order valence-electron chi connectivity index (χ4n) is 3.02. The third kappa shape index (κ3) is 3.43. The molecule has 1 aliphatic rings. The average molecular weight is 402 g/mol. The highest BCUT2D eigenvalue weighted by molar-refractivity contribution is 8.17. The van der Waals surface area contributed by atoms with Gasteiger partial charge in [-0.2, -0.15) is 0 Å². The number of fused-ring (bicyclic) bond motifs is 1. The SMILES string of the molecule is CC(C)N1C(=O)S/C(=C\c2ccc(Sc3nc4ccccc4[nH]3)s2)C1C. The molecule has 0 radical (unpaired) electrons. The number of H-pyrrole nitrogens is 1. The highest BCUT2D eigenvalue weighted by atomic mass is 32.2. The van der Waals surface area contributed by atoms with Crippen molar-refractivity contribution in [2.24, 2.45) is 0 Å². The number of thioether (sulfide) groups is 1. The first-order chi connectivity index (χ1) is 12.5. The molecule has 0 aliphatic carbocycles. The van der Waals surface area contributed by atoms with E-state index in [9.17, 15) is 4.79 Å². The van der Waals surface area contributed by atoms with Crippen LogP contribution in [0.1, 0.15) is 25.6 Å². The summed E-state index contributed by atoms with van der Waals surface area (Å²) in [6, 6.07) is 12.6. The number of thiophene rings is 1. The summed E-state index contributed by atoms with van der Waals surface area (Å²) in [5, 5.41) is 1.05. The number of para-hydroxylation sites is 2. The molecule has 2 aromatic heterocycles. The number of nitrogens with zero attached hydrogens (tertiary/aromatic N) is 2. The van der Waals surface area contributed by atoms with Gasteiger partial charge in [0.1, 0.15) is 0 Å². The lowest BCUT2D eigenvalue weighted by molar-refractivity contribution is 0.201. The van der Waals surface area contributed by atoms with Crippen LogP contribution in [0.25, 0.3) is 17.1 Å². The van der Waals surface area contributed by atoms with Crippen LogP contribution in [0.15, 0.2) is 50.7 Å². The second-order valence-electron chi connectivity index (χ2n) is 6.41. The van der Waals surface area contributed by atoms with Crippen LogP contribution in [0.4, 0.5) is 4.79 Å². The number of rotatable bonds is 4. The highest BCUT2D eigenvalue weighted by Crippen LogP contribution is 2.40. The molecule has 1 unspecified atom stereocenters. The third-order valence-corrected chi connectivity index (χ3v) is 7.38. The van der Waals surface area contributed by atoms with E-state index in [1.807, 2.05) is 29.2 Å². The van der Waals surface area contributed by atoms with E-state index in [-0.39, 0.29) is 17.3 Å². The number of nitrogens with one attached hydrogen (secondary N) is 1. The fraction of sp³-hybridized carbons (Fsp3) is 0.263. The Kier molecular flexibility index (Phi) is 4.86. The van der Waals surface area contributed by atoms with Gasteiger partial charge >= 0.3 is 0 Å². The molecule has 1 fully saturated rings. The van der Waals surface area contributed by atoms with E-state index in [1.54, 1.807) is 23.1 Å². The smallest absolute Gasteiger partial charge is 0.286 e. The van der Waals surface area contributed by atoms with Crippen molar-refractivity contribution >= 4 is 57.2 Å².